The van der Waals surface area contributed by atoms with E-state index in [-0.39, 0.29) is 17.9 Å². The molecule has 3 aromatic rings. The van der Waals surface area contributed by atoms with Crippen LogP contribution in [0.15, 0.2) is 53.3 Å². The molecule has 29 heavy (non-hydrogen) atoms. The minimum Gasteiger partial charge on any atom is -0.497 e. The SMILES string of the molecule is COc1ccc(N2C(=O)C[C@@H](c3c(C)[nH]n(-c4cccc(Cl)c4)c3=O)C2=O)cc1. The number of carbonyl (C=O) groups excluding carboxylic acids is 2. The van der Waals surface area contributed by atoms with Gasteiger partial charge in [-0.05, 0) is 49.4 Å². The second-order valence-corrected chi connectivity index (χ2v) is 7.23. The van der Waals surface area contributed by atoms with Gasteiger partial charge in [0.05, 0.1) is 30.0 Å². The smallest absolute Gasteiger partial charge is 0.275 e. The summed E-state index contributed by atoms with van der Waals surface area (Å²) in [6.07, 6.45) is -0.0612. The van der Waals surface area contributed by atoms with E-state index in [0.717, 1.165) is 4.90 Å². The Morgan fingerprint density at radius 1 is 1.07 bits per heavy atom. The molecule has 1 fully saturated rings. The molecule has 1 N–H and O–H groups in total. The third-order valence-corrected chi connectivity index (χ3v) is 5.24. The van der Waals surface area contributed by atoms with Gasteiger partial charge in [-0.25, -0.2) is 9.58 Å². The van der Waals surface area contributed by atoms with Crippen molar-refractivity contribution < 1.29 is 14.3 Å². The first-order valence-corrected chi connectivity index (χ1v) is 9.37. The molecule has 0 unspecified atom stereocenters. The van der Waals surface area contributed by atoms with Crippen LogP contribution in [0.3, 0.4) is 0 Å². The Bertz CT molecular complexity index is 1160. The molecule has 0 aliphatic carbocycles. The van der Waals surface area contributed by atoms with Crippen molar-refractivity contribution in [3.63, 3.8) is 0 Å². The molecular weight excluding hydrogens is 394 g/mol. The first-order chi connectivity index (χ1) is 13.9. The number of amides is 2. The maximum Gasteiger partial charge on any atom is 0.275 e. The van der Waals surface area contributed by atoms with Crippen LogP contribution < -0.4 is 15.2 Å². The number of nitrogens with zero attached hydrogens (tertiary/aromatic N) is 2. The normalized spacial score (nSPS) is 16.5. The fraction of sp³-hybridized carbons (Fsp3) is 0.190. The van der Waals surface area contributed by atoms with Gasteiger partial charge in [-0.3, -0.25) is 19.5 Å². The van der Waals surface area contributed by atoms with Crippen molar-refractivity contribution in [1.82, 2.24) is 9.78 Å². The van der Waals surface area contributed by atoms with Crippen molar-refractivity contribution in [2.45, 2.75) is 19.3 Å². The molecule has 1 aliphatic rings. The molecule has 1 saturated heterocycles. The zero-order valence-electron chi connectivity index (χ0n) is 15.8. The Morgan fingerprint density at radius 3 is 2.45 bits per heavy atom. The molecule has 1 atom stereocenters. The molecule has 7 nitrogen and oxygen atoms in total. The lowest BCUT2D eigenvalue weighted by Gasteiger charge is -2.15. The van der Waals surface area contributed by atoms with E-state index in [4.69, 9.17) is 16.3 Å². The fourth-order valence-electron chi connectivity index (χ4n) is 3.63. The van der Waals surface area contributed by atoms with Crippen molar-refractivity contribution in [2.24, 2.45) is 0 Å². The van der Waals surface area contributed by atoms with Gasteiger partial charge in [-0.2, -0.15) is 0 Å². The summed E-state index contributed by atoms with van der Waals surface area (Å²) >= 11 is 6.03. The van der Waals surface area contributed by atoms with Gasteiger partial charge in [0.25, 0.3) is 5.56 Å². The number of rotatable bonds is 4. The Balaban J connectivity index is 1.71. The van der Waals surface area contributed by atoms with E-state index in [1.807, 2.05) is 0 Å². The first kappa shape index (κ1) is 19.0. The number of aromatic amines is 1. The molecule has 1 aliphatic heterocycles. The average Bonchev–Trinajstić information content (AvgIpc) is 3.16. The number of ether oxygens (including phenoxy) is 1. The van der Waals surface area contributed by atoms with Crippen LogP contribution in [-0.4, -0.2) is 28.7 Å². The minimum atomic E-state index is -0.839. The Labute approximate surface area is 171 Å². The fourth-order valence-corrected chi connectivity index (χ4v) is 3.81. The summed E-state index contributed by atoms with van der Waals surface area (Å²) in [5, 5.41) is 3.47. The number of methoxy groups -OCH3 is 1. The standard InChI is InChI=1S/C21H18ClN3O4/c1-12-19(21(28)25(23-12)15-5-3-4-13(22)10-15)17-11-18(26)24(20(17)27)14-6-8-16(29-2)9-7-14/h3-10,17,23H,11H2,1-2H3/t17-/m0/s1. The van der Waals surface area contributed by atoms with E-state index in [2.05, 4.69) is 5.10 Å². The van der Waals surface area contributed by atoms with E-state index in [1.165, 1.54) is 11.8 Å². The van der Waals surface area contributed by atoms with Crippen LogP contribution in [0.5, 0.6) is 5.75 Å². The summed E-state index contributed by atoms with van der Waals surface area (Å²) in [7, 11) is 1.54. The quantitative estimate of drug-likeness (QED) is 0.668. The number of anilines is 1. The zero-order chi connectivity index (χ0) is 20.7. The molecule has 8 heteroatoms. The second kappa shape index (κ2) is 7.25. The summed E-state index contributed by atoms with van der Waals surface area (Å²) in [4.78, 5) is 39.9. The molecule has 0 radical (unpaired) electrons. The number of aromatic nitrogens is 2. The summed E-state index contributed by atoms with van der Waals surface area (Å²) in [6.45, 7) is 1.71. The van der Waals surface area contributed by atoms with Crippen LogP contribution in [-0.2, 0) is 9.59 Å². The molecule has 0 saturated carbocycles. The highest BCUT2D eigenvalue weighted by Gasteiger charge is 2.43. The number of hydrogen-bond acceptors (Lipinski definition) is 4. The van der Waals surface area contributed by atoms with Crippen LogP contribution >= 0.6 is 11.6 Å². The highest BCUT2D eigenvalue weighted by molar-refractivity contribution is 6.30. The predicted molar refractivity (Wildman–Crippen MR) is 109 cm³/mol. The molecule has 0 bridgehead atoms. The van der Waals surface area contributed by atoms with Crippen molar-refractivity contribution >= 4 is 29.1 Å². The minimum absolute atomic E-state index is 0.0612. The van der Waals surface area contributed by atoms with Crippen molar-refractivity contribution in [2.75, 3.05) is 12.0 Å². The Morgan fingerprint density at radius 2 is 1.79 bits per heavy atom. The van der Waals surface area contributed by atoms with Crippen LogP contribution in [0, 0.1) is 6.92 Å². The Hall–Kier alpha value is -3.32. The van der Waals surface area contributed by atoms with Gasteiger partial charge >= 0.3 is 0 Å². The molecule has 2 aromatic carbocycles. The molecule has 2 amide bonds. The van der Waals surface area contributed by atoms with Crippen LogP contribution in [0.2, 0.25) is 5.02 Å². The molecule has 2 heterocycles. The number of halogens is 1. The third kappa shape index (κ3) is 3.23. The molecule has 1 aromatic heterocycles. The van der Waals surface area contributed by atoms with Gasteiger partial charge in [0, 0.05) is 17.1 Å². The summed E-state index contributed by atoms with van der Waals surface area (Å²) < 4.78 is 6.45. The van der Waals surface area contributed by atoms with E-state index in [1.54, 1.807) is 55.5 Å². The number of imide groups is 1. The van der Waals surface area contributed by atoms with Gasteiger partial charge in [-0.15, -0.1) is 0 Å². The number of nitrogens with one attached hydrogen (secondary N) is 1. The third-order valence-electron chi connectivity index (χ3n) is 5.01. The molecule has 0 spiro atoms. The zero-order valence-corrected chi connectivity index (χ0v) is 16.6. The second-order valence-electron chi connectivity index (χ2n) is 6.79. The lowest BCUT2D eigenvalue weighted by atomic mass is 9.98. The van der Waals surface area contributed by atoms with Crippen molar-refractivity contribution in [1.29, 1.82) is 0 Å². The van der Waals surface area contributed by atoms with Gasteiger partial charge < -0.3 is 4.74 Å². The van der Waals surface area contributed by atoms with E-state index >= 15 is 0 Å². The number of H-pyrrole nitrogens is 1. The molecule has 4 rings (SSSR count). The maximum absolute atomic E-state index is 13.1. The number of benzene rings is 2. The number of aryl methyl sites for hydroxylation is 1. The Kier molecular flexibility index (Phi) is 4.76. The summed E-state index contributed by atoms with van der Waals surface area (Å²) in [6, 6.07) is 13.5. The van der Waals surface area contributed by atoms with E-state index in [9.17, 15) is 14.4 Å². The van der Waals surface area contributed by atoms with E-state index < -0.39 is 11.8 Å². The molecule has 148 valence electrons. The largest absolute Gasteiger partial charge is 0.497 e. The van der Waals surface area contributed by atoms with Gasteiger partial charge in [0.1, 0.15) is 5.75 Å². The summed E-state index contributed by atoms with van der Waals surface area (Å²) in [5.74, 6) is -0.985. The van der Waals surface area contributed by atoms with Crippen LogP contribution in [0.25, 0.3) is 5.69 Å². The number of carbonyl (C=O) groups is 2. The highest BCUT2D eigenvalue weighted by atomic mass is 35.5. The topological polar surface area (TPSA) is 84.4 Å². The van der Waals surface area contributed by atoms with Gasteiger partial charge in [-0.1, -0.05) is 17.7 Å². The monoisotopic (exact) mass is 411 g/mol. The van der Waals surface area contributed by atoms with E-state index in [0.29, 0.717) is 33.4 Å². The highest BCUT2D eigenvalue weighted by Crippen LogP contribution is 2.33. The van der Waals surface area contributed by atoms with Gasteiger partial charge in [0.2, 0.25) is 11.8 Å². The summed E-state index contributed by atoms with van der Waals surface area (Å²) in [5.41, 5.74) is 1.47. The van der Waals surface area contributed by atoms with Gasteiger partial charge in [0.15, 0.2) is 0 Å². The molecular formula is C21H18ClN3O4. The lowest BCUT2D eigenvalue weighted by molar-refractivity contribution is -0.121. The lowest BCUT2D eigenvalue weighted by Crippen LogP contribution is -2.31. The van der Waals surface area contributed by atoms with Crippen molar-refractivity contribution in [3.05, 3.63) is 75.2 Å². The average molecular weight is 412 g/mol. The first-order valence-electron chi connectivity index (χ1n) is 8.99. The van der Waals surface area contributed by atoms with Crippen LogP contribution in [0.1, 0.15) is 23.6 Å². The maximum atomic E-state index is 13.1. The predicted octanol–water partition coefficient (Wildman–Crippen LogP) is 3.18. The van der Waals surface area contributed by atoms with Crippen LogP contribution in [0.4, 0.5) is 5.69 Å². The van der Waals surface area contributed by atoms with Crippen molar-refractivity contribution in [3.8, 4) is 11.4 Å². The number of hydrogen-bond donors (Lipinski definition) is 1.